The molecule has 3 rings (SSSR count). The highest BCUT2D eigenvalue weighted by Gasteiger charge is 2.13. The molecule has 1 atom stereocenters. The Morgan fingerprint density at radius 3 is 2.64 bits per heavy atom. The van der Waals surface area contributed by atoms with Crippen molar-refractivity contribution in [2.75, 3.05) is 0 Å². The van der Waals surface area contributed by atoms with Crippen LogP contribution in [-0.4, -0.2) is 15.0 Å². The first-order valence-corrected chi connectivity index (χ1v) is 7.70. The van der Waals surface area contributed by atoms with Crippen LogP contribution < -0.4 is 5.73 Å². The van der Waals surface area contributed by atoms with Gasteiger partial charge in [-0.3, -0.25) is 9.97 Å². The third-order valence-electron chi connectivity index (χ3n) is 3.89. The summed E-state index contributed by atoms with van der Waals surface area (Å²) in [6.45, 7) is 2.18. The Morgan fingerprint density at radius 2 is 1.86 bits per heavy atom. The number of hydrogen-bond donors (Lipinski definition) is 1. The lowest BCUT2D eigenvalue weighted by atomic mass is 9.97. The molecule has 0 bridgehead atoms. The van der Waals surface area contributed by atoms with Gasteiger partial charge >= 0.3 is 0 Å². The van der Waals surface area contributed by atoms with Crippen molar-refractivity contribution in [1.29, 1.82) is 0 Å². The Kier molecular flexibility index (Phi) is 4.39. The van der Waals surface area contributed by atoms with Crippen LogP contribution in [0.4, 0.5) is 0 Å². The minimum atomic E-state index is 0.0217. The number of nitrogens with zero attached hydrogens (tertiary/aromatic N) is 3. The van der Waals surface area contributed by atoms with Crippen molar-refractivity contribution >= 4 is 10.9 Å². The zero-order chi connectivity index (χ0) is 15.4. The SMILES string of the molecule is CCCCC(N)c1cc(-c2ccncc2)nc2cnccc12. The molecule has 0 radical (unpaired) electrons. The van der Waals surface area contributed by atoms with Crippen molar-refractivity contribution in [1.82, 2.24) is 15.0 Å². The molecule has 2 N–H and O–H groups in total. The van der Waals surface area contributed by atoms with E-state index in [1.54, 1.807) is 24.8 Å². The van der Waals surface area contributed by atoms with E-state index in [1.165, 1.54) is 0 Å². The van der Waals surface area contributed by atoms with Gasteiger partial charge in [-0.15, -0.1) is 0 Å². The third kappa shape index (κ3) is 2.97. The lowest BCUT2D eigenvalue weighted by molar-refractivity contribution is 0.606. The van der Waals surface area contributed by atoms with Crippen LogP contribution in [0.3, 0.4) is 0 Å². The third-order valence-corrected chi connectivity index (χ3v) is 3.89. The van der Waals surface area contributed by atoms with E-state index < -0.39 is 0 Å². The molecule has 22 heavy (non-hydrogen) atoms. The maximum absolute atomic E-state index is 6.43. The largest absolute Gasteiger partial charge is 0.324 e. The van der Waals surface area contributed by atoms with E-state index in [9.17, 15) is 0 Å². The second kappa shape index (κ2) is 6.62. The maximum Gasteiger partial charge on any atom is 0.0895 e. The van der Waals surface area contributed by atoms with Crippen molar-refractivity contribution in [2.24, 2.45) is 5.73 Å². The minimum Gasteiger partial charge on any atom is -0.324 e. The lowest BCUT2D eigenvalue weighted by Gasteiger charge is -2.16. The normalized spacial score (nSPS) is 12.5. The summed E-state index contributed by atoms with van der Waals surface area (Å²) in [6.07, 6.45) is 10.4. The lowest BCUT2D eigenvalue weighted by Crippen LogP contribution is -2.11. The Bertz CT molecular complexity index is 755. The highest BCUT2D eigenvalue weighted by molar-refractivity contribution is 5.84. The first-order valence-electron chi connectivity index (χ1n) is 7.70. The molecule has 0 aliphatic rings. The van der Waals surface area contributed by atoms with Gasteiger partial charge in [0.2, 0.25) is 0 Å². The zero-order valence-electron chi connectivity index (χ0n) is 12.7. The summed E-state index contributed by atoms with van der Waals surface area (Å²) in [5.41, 5.74) is 10.4. The Hall–Kier alpha value is -2.33. The zero-order valence-corrected chi connectivity index (χ0v) is 12.7. The fourth-order valence-electron chi connectivity index (χ4n) is 2.66. The van der Waals surface area contributed by atoms with E-state index in [2.05, 4.69) is 23.0 Å². The van der Waals surface area contributed by atoms with Gasteiger partial charge in [0.25, 0.3) is 0 Å². The number of unbranched alkanes of at least 4 members (excludes halogenated alkanes) is 1. The Balaban J connectivity index is 2.12. The van der Waals surface area contributed by atoms with E-state index in [1.807, 2.05) is 18.2 Å². The number of pyridine rings is 3. The van der Waals surface area contributed by atoms with Crippen molar-refractivity contribution < 1.29 is 0 Å². The number of rotatable bonds is 5. The molecule has 0 fully saturated rings. The van der Waals surface area contributed by atoms with E-state index in [0.29, 0.717) is 0 Å². The van der Waals surface area contributed by atoms with Gasteiger partial charge in [0.05, 0.1) is 17.4 Å². The van der Waals surface area contributed by atoms with Gasteiger partial charge in [0, 0.05) is 35.6 Å². The molecule has 1 unspecified atom stereocenters. The fourth-order valence-corrected chi connectivity index (χ4v) is 2.66. The van der Waals surface area contributed by atoms with E-state index in [4.69, 9.17) is 10.7 Å². The van der Waals surface area contributed by atoms with Crippen LogP contribution in [0.25, 0.3) is 22.2 Å². The molecule has 3 aromatic heterocycles. The number of fused-ring (bicyclic) bond motifs is 1. The molecular weight excluding hydrogens is 272 g/mol. The average Bonchev–Trinajstić information content (AvgIpc) is 2.59. The van der Waals surface area contributed by atoms with Crippen LogP contribution in [0, 0.1) is 0 Å². The quantitative estimate of drug-likeness (QED) is 0.775. The van der Waals surface area contributed by atoms with E-state index in [0.717, 1.165) is 47.0 Å². The molecule has 0 aliphatic carbocycles. The van der Waals surface area contributed by atoms with Gasteiger partial charge < -0.3 is 5.73 Å². The molecule has 112 valence electrons. The maximum atomic E-state index is 6.43. The van der Waals surface area contributed by atoms with Gasteiger partial charge in [-0.05, 0) is 36.2 Å². The predicted molar refractivity (Wildman–Crippen MR) is 89.2 cm³/mol. The average molecular weight is 292 g/mol. The first kappa shape index (κ1) is 14.6. The fraction of sp³-hybridized carbons (Fsp3) is 0.278. The molecule has 0 amide bonds. The number of hydrogen-bond acceptors (Lipinski definition) is 4. The molecule has 0 aliphatic heterocycles. The minimum absolute atomic E-state index is 0.0217. The van der Waals surface area contributed by atoms with Gasteiger partial charge in [-0.1, -0.05) is 19.8 Å². The monoisotopic (exact) mass is 292 g/mol. The van der Waals surface area contributed by atoms with Gasteiger partial charge in [0.15, 0.2) is 0 Å². The van der Waals surface area contributed by atoms with Crippen LogP contribution in [0.5, 0.6) is 0 Å². The first-order chi connectivity index (χ1) is 10.8. The molecule has 3 heterocycles. The number of aromatic nitrogens is 3. The number of nitrogens with two attached hydrogens (primary N) is 1. The van der Waals surface area contributed by atoms with Gasteiger partial charge in [0.1, 0.15) is 0 Å². The topological polar surface area (TPSA) is 64.7 Å². The van der Waals surface area contributed by atoms with E-state index in [-0.39, 0.29) is 6.04 Å². The Morgan fingerprint density at radius 1 is 1.09 bits per heavy atom. The van der Waals surface area contributed by atoms with E-state index >= 15 is 0 Å². The predicted octanol–water partition coefficient (Wildman–Crippen LogP) is 3.88. The summed E-state index contributed by atoms with van der Waals surface area (Å²) in [5, 5.41) is 1.09. The standard InChI is InChI=1S/C18H20N4/c1-2-3-4-16(19)15-11-17(13-5-8-20-9-6-13)22-18-12-21-10-7-14(15)18/h5-12,16H,2-4,19H2,1H3. The molecule has 4 nitrogen and oxygen atoms in total. The van der Waals surface area contributed by atoms with Gasteiger partial charge in [-0.25, -0.2) is 4.98 Å². The van der Waals surface area contributed by atoms with Crippen molar-refractivity contribution in [3.05, 3.63) is 54.6 Å². The molecular formula is C18H20N4. The summed E-state index contributed by atoms with van der Waals surface area (Å²) in [4.78, 5) is 13.0. The summed E-state index contributed by atoms with van der Waals surface area (Å²) >= 11 is 0. The molecule has 0 aromatic carbocycles. The molecule has 3 aromatic rings. The highest BCUT2D eigenvalue weighted by atomic mass is 14.8. The molecule has 0 saturated carbocycles. The van der Waals surface area contributed by atoms with Crippen molar-refractivity contribution in [3.63, 3.8) is 0 Å². The summed E-state index contributed by atoms with van der Waals surface area (Å²) in [6, 6.07) is 8.06. The van der Waals surface area contributed by atoms with Crippen molar-refractivity contribution in [3.8, 4) is 11.3 Å². The summed E-state index contributed by atoms with van der Waals surface area (Å²) in [5.74, 6) is 0. The molecule has 4 heteroatoms. The molecule has 0 spiro atoms. The smallest absolute Gasteiger partial charge is 0.0895 e. The van der Waals surface area contributed by atoms with Crippen LogP contribution in [0.15, 0.2) is 49.1 Å². The second-order valence-electron chi connectivity index (χ2n) is 5.47. The van der Waals surface area contributed by atoms with Crippen LogP contribution in [0.1, 0.15) is 37.8 Å². The van der Waals surface area contributed by atoms with Crippen molar-refractivity contribution in [2.45, 2.75) is 32.2 Å². The summed E-state index contributed by atoms with van der Waals surface area (Å²) < 4.78 is 0. The Labute approximate surface area is 130 Å². The molecule has 0 saturated heterocycles. The van der Waals surface area contributed by atoms with Gasteiger partial charge in [-0.2, -0.15) is 0 Å². The van der Waals surface area contributed by atoms with Crippen LogP contribution >= 0.6 is 0 Å². The highest BCUT2D eigenvalue weighted by Crippen LogP contribution is 2.29. The van der Waals surface area contributed by atoms with Crippen LogP contribution in [-0.2, 0) is 0 Å². The second-order valence-corrected chi connectivity index (χ2v) is 5.47. The van der Waals surface area contributed by atoms with Crippen LogP contribution in [0.2, 0.25) is 0 Å². The summed E-state index contributed by atoms with van der Waals surface area (Å²) in [7, 11) is 0.